The van der Waals surface area contributed by atoms with Crippen molar-refractivity contribution < 1.29 is 9.18 Å². The van der Waals surface area contributed by atoms with Crippen LogP contribution in [0.5, 0.6) is 0 Å². The predicted octanol–water partition coefficient (Wildman–Crippen LogP) is 4.89. The molecule has 0 radical (unpaired) electrons. The molecular weight excluding hydrogens is 309 g/mol. The average molecular weight is 329 g/mol. The number of nitrogens with one attached hydrogen (secondary N) is 1. The van der Waals surface area contributed by atoms with E-state index in [1.807, 2.05) is 44.2 Å². The van der Waals surface area contributed by atoms with Gasteiger partial charge in [0.1, 0.15) is 11.6 Å². The normalized spacial score (nSPS) is 10.6. The smallest absolute Gasteiger partial charge is 0.143 e. The first kappa shape index (κ1) is 17.3. The van der Waals surface area contributed by atoms with E-state index in [0.717, 1.165) is 5.56 Å². The lowest BCUT2D eigenvalue weighted by atomic mass is 10.0. The minimum atomic E-state index is -0.261. The molecule has 0 bridgehead atoms. The summed E-state index contributed by atoms with van der Waals surface area (Å²) in [5, 5.41) is 2.94. The molecule has 0 saturated heterocycles. The lowest BCUT2D eigenvalue weighted by Crippen LogP contribution is -2.16. The molecule has 4 heteroatoms. The standard InChI is InChI=1S/C19H20FNOS/c1-13(2)17-9-8-15(11-18(17)20)21-19(23)12-16(22)10-14-6-4-3-5-7-14/h3-9,11,13H,10,12H2,1-2H3,(H,21,23). The minimum Gasteiger partial charge on any atom is -0.350 e. The van der Waals surface area contributed by atoms with Crippen LogP contribution in [0.1, 0.15) is 37.3 Å². The first-order valence-corrected chi connectivity index (χ1v) is 8.01. The SMILES string of the molecule is CC(C)c1ccc(NC(=S)CC(=O)Cc2ccccc2)cc1F. The summed E-state index contributed by atoms with van der Waals surface area (Å²) < 4.78 is 14.0. The Morgan fingerprint density at radius 1 is 1.17 bits per heavy atom. The molecule has 2 aromatic rings. The first-order chi connectivity index (χ1) is 11.0. The largest absolute Gasteiger partial charge is 0.350 e. The minimum absolute atomic E-state index is 0.0352. The van der Waals surface area contributed by atoms with Crippen LogP contribution in [-0.4, -0.2) is 10.8 Å². The number of hydrogen-bond donors (Lipinski definition) is 1. The van der Waals surface area contributed by atoms with E-state index in [0.29, 0.717) is 22.7 Å². The Morgan fingerprint density at radius 2 is 1.87 bits per heavy atom. The predicted molar refractivity (Wildman–Crippen MR) is 96.5 cm³/mol. The van der Waals surface area contributed by atoms with Crippen molar-refractivity contribution in [2.45, 2.75) is 32.6 Å². The number of carbonyl (C=O) groups is 1. The molecule has 120 valence electrons. The number of ketones is 1. The molecule has 2 nitrogen and oxygen atoms in total. The molecule has 0 saturated carbocycles. The van der Waals surface area contributed by atoms with Crippen LogP contribution >= 0.6 is 12.2 Å². The summed E-state index contributed by atoms with van der Waals surface area (Å²) in [4.78, 5) is 12.4. The second-order valence-electron chi connectivity index (χ2n) is 5.82. The van der Waals surface area contributed by atoms with Gasteiger partial charge in [0.25, 0.3) is 0 Å². The highest BCUT2D eigenvalue weighted by molar-refractivity contribution is 7.80. The van der Waals surface area contributed by atoms with Crippen molar-refractivity contribution >= 4 is 28.7 Å². The highest BCUT2D eigenvalue weighted by Gasteiger charge is 2.10. The third kappa shape index (κ3) is 5.25. The molecule has 0 unspecified atom stereocenters. The van der Waals surface area contributed by atoms with Gasteiger partial charge in [-0.25, -0.2) is 4.39 Å². The zero-order valence-electron chi connectivity index (χ0n) is 13.3. The van der Waals surface area contributed by atoms with Gasteiger partial charge in [0.15, 0.2) is 0 Å². The van der Waals surface area contributed by atoms with Gasteiger partial charge in [-0.2, -0.15) is 0 Å². The van der Waals surface area contributed by atoms with Crippen LogP contribution in [0.3, 0.4) is 0 Å². The van der Waals surface area contributed by atoms with Crippen molar-refractivity contribution in [3.63, 3.8) is 0 Å². The van der Waals surface area contributed by atoms with Crippen molar-refractivity contribution in [1.29, 1.82) is 0 Å². The molecule has 0 atom stereocenters. The fraction of sp³-hybridized carbons (Fsp3) is 0.263. The van der Waals surface area contributed by atoms with E-state index in [9.17, 15) is 9.18 Å². The molecule has 2 aromatic carbocycles. The topological polar surface area (TPSA) is 29.1 Å². The number of rotatable bonds is 6. The molecule has 0 heterocycles. The van der Waals surface area contributed by atoms with Crippen molar-refractivity contribution in [3.8, 4) is 0 Å². The second-order valence-corrected chi connectivity index (χ2v) is 6.31. The van der Waals surface area contributed by atoms with Gasteiger partial charge in [-0.15, -0.1) is 0 Å². The summed E-state index contributed by atoms with van der Waals surface area (Å²) in [6, 6.07) is 14.5. The summed E-state index contributed by atoms with van der Waals surface area (Å²) in [6.45, 7) is 3.89. The van der Waals surface area contributed by atoms with E-state index in [4.69, 9.17) is 12.2 Å². The average Bonchev–Trinajstić information content (AvgIpc) is 2.47. The van der Waals surface area contributed by atoms with E-state index in [2.05, 4.69) is 5.32 Å². The molecule has 2 rings (SSSR count). The maximum Gasteiger partial charge on any atom is 0.143 e. The summed E-state index contributed by atoms with van der Waals surface area (Å²) in [5.74, 6) is -0.0974. The zero-order chi connectivity index (χ0) is 16.8. The van der Waals surface area contributed by atoms with Gasteiger partial charge in [-0.3, -0.25) is 4.79 Å². The van der Waals surface area contributed by atoms with Crippen molar-refractivity contribution in [1.82, 2.24) is 0 Å². The molecule has 23 heavy (non-hydrogen) atoms. The molecule has 0 amide bonds. The third-order valence-electron chi connectivity index (χ3n) is 3.51. The third-order valence-corrected chi connectivity index (χ3v) is 3.75. The molecular formula is C19H20FNOS. The number of thiocarbonyl (C=S) groups is 1. The van der Waals surface area contributed by atoms with Gasteiger partial charge < -0.3 is 5.32 Å². The highest BCUT2D eigenvalue weighted by atomic mass is 32.1. The van der Waals surface area contributed by atoms with Crippen LogP contribution in [0.25, 0.3) is 0 Å². The molecule has 0 spiro atoms. The number of anilines is 1. The van der Waals surface area contributed by atoms with Crippen LogP contribution in [0.15, 0.2) is 48.5 Å². The summed E-state index contributed by atoms with van der Waals surface area (Å²) in [5.41, 5.74) is 2.21. The molecule has 0 aliphatic rings. The van der Waals surface area contributed by atoms with Crippen LogP contribution in [-0.2, 0) is 11.2 Å². The molecule has 0 aliphatic carbocycles. The molecule has 1 N–H and O–H groups in total. The Balaban J connectivity index is 1.92. The molecule has 0 aliphatic heterocycles. The van der Waals surface area contributed by atoms with Crippen LogP contribution in [0.4, 0.5) is 10.1 Å². The number of halogens is 1. The maximum atomic E-state index is 14.0. The van der Waals surface area contributed by atoms with Gasteiger partial charge in [0.2, 0.25) is 0 Å². The Kier molecular flexibility index (Phi) is 5.99. The van der Waals surface area contributed by atoms with Crippen LogP contribution in [0, 0.1) is 5.82 Å². The molecule has 0 fully saturated rings. The Bertz CT molecular complexity index is 698. The molecule has 0 aromatic heterocycles. The summed E-state index contributed by atoms with van der Waals surface area (Å²) >= 11 is 5.20. The summed E-state index contributed by atoms with van der Waals surface area (Å²) in [7, 11) is 0. The van der Waals surface area contributed by atoms with Gasteiger partial charge in [-0.05, 0) is 29.2 Å². The lowest BCUT2D eigenvalue weighted by Gasteiger charge is -2.11. The van der Waals surface area contributed by atoms with Crippen molar-refractivity contribution in [3.05, 3.63) is 65.5 Å². The number of hydrogen-bond acceptors (Lipinski definition) is 2. The van der Waals surface area contributed by atoms with Crippen LogP contribution < -0.4 is 5.32 Å². The fourth-order valence-electron chi connectivity index (χ4n) is 2.34. The monoisotopic (exact) mass is 329 g/mol. The van der Waals surface area contributed by atoms with Crippen molar-refractivity contribution in [2.24, 2.45) is 0 Å². The van der Waals surface area contributed by atoms with E-state index < -0.39 is 0 Å². The fourth-order valence-corrected chi connectivity index (χ4v) is 2.62. The van der Waals surface area contributed by atoms with Gasteiger partial charge in [0, 0.05) is 12.1 Å². The quantitative estimate of drug-likeness (QED) is 0.765. The number of benzene rings is 2. The second kappa shape index (κ2) is 7.97. The van der Waals surface area contributed by atoms with E-state index in [1.54, 1.807) is 12.1 Å². The van der Waals surface area contributed by atoms with Gasteiger partial charge in [-0.1, -0.05) is 62.5 Å². The summed E-state index contributed by atoms with van der Waals surface area (Å²) in [6.07, 6.45) is 0.501. The van der Waals surface area contributed by atoms with E-state index in [1.165, 1.54) is 6.07 Å². The van der Waals surface area contributed by atoms with E-state index >= 15 is 0 Å². The van der Waals surface area contributed by atoms with E-state index in [-0.39, 0.29) is 23.9 Å². The van der Waals surface area contributed by atoms with Crippen LogP contribution in [0.2, 0.25) is 0 Å². The zero-order valence-corrected chi connectivity index (χ0v) is 14.1. The lowest BCUT2D eigenvalue weighted by molar-refractivity contribution is -0.117. The maximum absolute atomic E-state index is 14.0. The number of carbonyl (C=O) groups excluding carboxylic acids is 1. The Hall–Kier alpha value is -2.07. The van der Waals surface area contributed by atoms with Gasteiger partial charge in [0.05, 0.1) is 11.4 Å². The van der Waals surface area contributed by atoms with Crippen molar-refractivity contribution in [2.75, 3.05) is 5.32 Å². The highest BCUT2D eigenvalue weighted by Crippen LogP contribution is 2.21. The van der Waals surface area contributed by atoms with Gasteiger partial charge >= 0.3 is 0 Å². The Morgan fingerprint density at radius 3 is 2.48 bits per heavy atom. The first-order valence-electron chi connectivity index (χ1n) is 7.60. The Labute approximate surface area is 141 Å². The number of Topliss-reactive ketones (excluding diaryl/α,β-unsaturated/α-hetero) is 1.